The van der Waals surface area contributed by atoms with Crippen molar-refractivity contribution in [3.63, 3.8) is 0 Å². The van der Waals surface area contributed by atoms with Crippen molar-refractivity contribution in [2.45, 2.75) is 72.6 Å². The van der Waals surface area contributed by atoms with Gasteiger partial charge >= 0.3 is 0 Å². The molecule has 0 saturated carbocycles. The summed E-state index contributed by atoms with van der Waals surface area (Å²) >= 11 is 0. The predicted octanol–water partition coefficient (Wildman–Crippen LogP) is 5.24. The van der Waals surface area contributed by atoms with Crippen molar-refractivity contribution < 1.29 is 0 Å². The second kappa shape index (κ2) is 12.8. The van der Waals surface area contributed by atoms with Gasteiger partial charge in [-0.3, -0.25) is 0 Å². The van der Waals surface area contributed by atoms with Gasteiger partial charge in [0.15, 0.2) is 0 Å². The van der Waals surface area contributed by atoms with E-state index < -0.39 is 0 Å². The lowest BCUT2D eigenvalue weighted by atomic mass is 10.0. The van der Waals surface area contributed by atoms with E-state index in [1.54, 1.807) is 0 Å². The molecule has 0 amide bonds. The van der Waals surface area contributed by atoms with E-state index in [1.165, 1.54) is 37.1 Å². The Morgan fingerprint density at radius 1 is 0.714 bits per heavy atom. The number of allylic oxidation sites excluding steroid dienone is 2. The van der Waals surface area contributed by atoms with Gasteiger partial charge in [0.1, 0.15) is 0 Å². The summed E-state index contributed by atoms with van der Waals surface area (Å²) in [6.45, 7) is 19.3. The molecule has 0 aliphatic rings. The van der Waals surface area contributed by atoms with Gasteiger partial charge in [-0.2, -0.15) is 0 Å². The van der Waals surface area contributed by atoms with Gasteiger partial charge in [0.25, 0.3) is 0 Å². The van der Waals surface area contributed by atoms with Gasteiger partial charge in [-0.05, 0) is 43.9 Å². The maximum atomic E-state index is 4.10. The fraction of sp³-hybridized carbons (Fsp3) is 0.789. The summed E-state index contributed by atoms with van der Waals surface area (Å²) < 4.78 is 0. The highest BCUT2D eigenvalue weighted by atomic mass is 14.9. The maximum absolute atomic E-state index is 4.10. The zero-order valence-electron chi connectivity index (χ0n) is 14.9. The van der Waals surface area contributed by atoms with Crippen LogP contribution in [0.25, 0.3) is 0 Å². The molecule has 0 bridgehead atoms. The second-order valence-corrected chi connectivity index (χ2v) is 6.99. The Bertz CT molecular complexity index is 279. The van der Waals surface area contributed by atoms with Crippen LogP contribution >= 0.6 is 0 Å². The summed E-state index contributed by atoms with van der Waals surface area (Å²) in [6, 6.07) is 0. The topological polar surface area (TPSA) is 24.1 Å². The van der Waals surface area contributed by atoms with Gasteiger partial charge in [0.05, 0.1) is 0 Å². The molecule has 0 radical (unpaired) electrons. The molecule has 0 fully saturated rings. The Labute approximate surface area is 133 Å². The molecule has 0 aromatic carbocycles. The van der Waals surface area contributed by atoms with Crippen LogP contribution in [0.3, 0.4) is 0 Å². The third-order valence-electron chi connectivity index (χ3n) is 3.64. The first-order valence-corrected chi connectivity index (χ1v) is 8.75. The quantitative estimate of drug-likeness (QED) is 0.428. The van der Waals surface area contributed by atoms with Crippen molar-refractivity contribution in [1.29, 1.82) is 0 Å². The van der Waals surface area contributed by atoms with Gasteiger partial charge in [-0.1, -0.05) is 53.7 Å². The SMILES string of the molecule is C=C(CCCCC(C)C)NCCCNC(=C)CCC(C)C. The van der Waals surface area contributed by atoms with Crippen molar-refractivity contribution in [3.8, 4) is 0 Å². The largest absolute Gasteiger partial charge is 0.389 e. The maximum Gasteiger partial charge on any atom is 0.0160 e. The van der Waals surface area contributed by atoms with Crippen LogP contribution < -0.4 is 10.6 Å². The summed E-state index contributed by atoms with van der Waals surface area (Å²) in [5, 5.41) is 6.84. The van der Waals surface area contributed by atoms with E-state index in [4.69, 9.17) is 0 Å². The minimum atomic E-state index is 0.754. The lowest BCUT2D eigenvalue weighted by Gasteiger charge is -2.13. The van der Waals surface area contributed by atoms with Crippen molar-refractivity contribution in [2.24, 2.45) is 11.8 Å². The molecule has 0 heterocycles. The normalized spacial score (nSPS) is 11.0. The first kappa shape index (κ1) is 20.1. The molecule has 2 nitrogen and oxygen atoms in total. The number of nitrogens with one attached hydrogen (secondary N) is 2. The van der Waals surface area contributed by atoms with E-state index in [1.807, 2.05) is 0 Å². The van der Waals surface area contributed by atoms with Crippen molar-refractivity contribution in [2.75, 3.05) is 13.1 Å². The van der Waals surface area contributed by atoms with Gasteiger partial charge < -0.3 is 10.6 Å². The van der Waals surface area contributed by atoms with Crippen LogP contribution in [0.15, 0.2) is 24.6 Å². The van der Waals surface area contributed by atoms with E-state index in [-0.39, 0.29) is 0 Å². The molecule has 2 N–H and O–H groups in total. The van der Waals surface area contributed by atoms with Crippen LogP contribution in [0.1, 0.15) is 72.6 Å². The second-order valence-electron chi connectivity index (χ2n) is 6.99. The van der Waals surface area contributed by atoms with Gasteiger partial charge in [0, 0.05) is 24.5 Å². The average Bonchev–Trinajstić information content (AvgIpc) is 2.40. The Morgan fingerprint density at radius 2 is 1.24 bits per heavy atom. The zero-order valence-corrected chi connectivity index (χ0v) is 14.9. The summed E-state index contributed by atoms with van der Waals surface area (Å²) in [7, 11) is 0. The van der Waals surface area contributed by atoms with Gasteiger partial charge in [-0.15, -0.1) is 0 Å². The van der Waals surface area contributed by atoms with E-state index >= 15 is 0 Å². The molecule has 0 aliphatic carbocycles. The number of rotatable bonds is 14. The van der Waals surface area contributed by atoms with Crippen LogP contribution in [0.4, 0.5) is 0 Å². The third kappa shape index (κ3) is 15.3. The molecule has 0 spiro atoms. The first-order valence-electron chi connectivity index (χ1n) is 8.75. The van der Waals surface area contributed by atoms with Crippen LogP contribution in [0.5, 0.6) is 0 Å². The van der Waals surface area contributed by atoms with Crippen LogP contribution in [-0.2, 0) is 0 Å². The van der Waals surface area contributed by atoms with Gasteiger partial charge in [-0.25, -0.2) is 0 Å². The van der Waals surface area contributed by atoms with Gasteiger partial charge in [0.2, 0.25) is 0 Å². The van der Waals surface area contributed by atoms with E-state index in [9.17, 15) is 0 Å². The predicted molar refractivity (Wildman–Crippen MR) is 96.3 cm³/mol. The van der Waals surface area contributed by atoms with Crippen molar-refractivity contribution in [3.05, 3.63) is 24.6 Å². The van der Waals surface area contributed by atoms with E-state index in [2.05, 4.69) is 51.5 Å². The Balaban J connectivity index is 3.37. The molecule has 2 heteroatoms. The number of hydrogen-bond donors (Lipinski definition) is 2. The van der Waals surface area contributed by atoms with Crippen molar-refractivity contribution >= 4 is 0 Å². The molecule has 0 aromatic heterocycles. The zero-order chi connectivity index (χ0) is 16.1. The lowest BCUT2D eigenvalue weighted by Crippen LogP contribution is -2.21. The van der Waals surface area contributed by atoms with E-state index in [0.717, 1.165) is 44.2 Å². The third-order valence-corrected chi connectivity index (χ3v) is 3.64. The molecule has 0 atom stereocenters. The van der Waals surface area contributed by atoms with Crippen LogP contribution in [-0.4, -0.2) is 13.1 Å². The first-order chi connectivity index (χ1) is 9.91. The van der Waals surface area contributed by atoms with Crippen molar-refractivity contribution in [1.82, 2.24) is 10.6 Å². The number of unbranched alkanes of at least 4 members (excludes halogenated alkanes) is 1. The molecule has 0 aromatic rings. The number of hydrogen-bond acceptors (Lipinski definition) is 2. The van der Waals surface area contributed by atoms with Crippen LogP contribution in [0.2, 0.25) is 0 Å². The minimum Gasteiger partial charge on any atom is -0.389 e. The molecule has 21 heavy (non-hydrogen) atoms. The Hall–Kier alpha value is -0.920. The summed E-state index contributed by atoms with van der Waals surface area (Å²) in [5.41, 5.74) is 2.37. The fourth-order valence-electron chi connectivity index (χ4n) is 2.15. The summed E-state index contributed by atoms with van der Waals surface area (Å²) in [5.74, 6) is 1.57. The highest BCUT2D eigenvalue weighted by Crippen LogP contribution is 2.10. The molecular formula is C19H38N2. The molecule has 0 saturated heterocycles. The summed E-state index contributed by atoms with van der Waals surface area (Å²) in [6.07, 6.45) is 8.44. The standard InChI is InChI=1S/C19H38N2/c1-16(2)10-7-8-11-18(5)20-14-9-15-21-19(6)13-12-17(3)4/h16-17,20-21H,5-15H2,1-4H3. The Morgan fingerprint density at radius 3 is 1.76 bits per heavy atom. The Kier molecular flexibility index (Phi) is 12.2. The molecule has 124 valence electrons. The highest BCUT2D eigenvalue weighted by Gasteiger charge is 1.99. The van der Waals surface area contributed by atoms with Crippen LogP contribution in [0, 0.1) is 11.8 Å². The highest BCUT2D eigenvalue weighted by molar-refractivity contribution is 4.92. The lowest BCUT2D eigenvalue weighted by molar-refractivity contribution is 0.530. The summed E-state index contributed by atoms with van der Waals surface area (Å²) in [4.78, 5) is 0. The molecule has 0 rings (SSSR count). The molecular weight excluding hydrogens is 256 g/mol. The van der Waals surface area contributed by atoms with E-state index in [0.29, 0.717) is 0 Å². The smallest absolute Gasteiger partial charge is 0.0160 e. The molecule has 0 aliphatic heterocycles. The average molecular weight is 295 g/mol. The molecule has 0 unspecified atom stereocenters. The monoisotopic (exact) mass is 294 g/mol. The minimum absolute atomic E-state index is 0.754. The fourth-order valence-corrected chi connectivity index (χ4v) is 2.15.